The number of fused-ring (bicyclic) bond motifs is 1. The number of carbonyl (C=O) groups excluding carboxylic acids is 1. The molecule has 2 aromatic carbocycles. The second kappa shape index (κ2) is 7.57. The highest BCUT2D eigenvalue weighted by atomic mass is 16.5. The van der Waals surface area contributed by atoms with Crippen LogP contribution in [-0.2, 0) is 4.79 Å². The van der Waals surface area contributed by atoms with Crippen molar-refractivity contribution >= 4 is 16.8 Å². The van der Waals surface area contributed by atoms with E-state index in [0.29, 0.717) is 16.7 Å². The van der Waals surface area contributed by atoms with E-state index in [-0.39, 0.29) is 17.5 Å². The summed E-state index contributed by atoms with van der Waals surface area (Å²) in [7, 11) is 1.60. The third-order valence-corrected chi connectivity index (χ3v) is 4.55. The summed E-state index contributed by atoms with van der Waals surface area (Å²) in [4.78, 5) is 25.3. The molecule has 1 N–H and O–H groups in total. The zero-order chi connectivity index (χ0) is 19.6. The normalized spacial score (nSPS) is 13.2. The second-order valence-electron chi connectivity index (χ2n) is 6.51. The number of methoxy groups -OCH3 is 1. The first kappa shape index (κ1) is 18.6. The van der Waals surface area contributed by atoms with Gasteiger partial charge < -0.3 is 10.1 Å². The first-order valence-corrected chi connectivity index (χ1v) is 8.71. The molecule has 27 heavy (non-hydrogen) atoms. The van der Waals surface area contributed by atoms with Crippen LogP contribution in [0.1, 0.15) is 37.1 Å². The van der Waals surface area contributed by atoms with Crippen molar-refractivity contribution in [1.29, 1.82) is 0 Å². The molecular weight excluding hydrogens is 344 g/mol. The van der Waals surface area contributed by atoms with Gasteiger partial charge >= 0.3 is 0 Å². The van der Waals surface area contributed by atoms with Crippen LogP contribution in [0, 0.1) is 6.92 Å². The van der Waals surface area contributed by atoms with E-state index in [0.717, 1.165) is 15.8 Å². The second-order valence-corrected chi connectivity index (χ2v) is 6.51. The number of hydrogen-bond acceptors (Lipinski definition) is 5. The summed E-state index contributed by atoms with van der Waals surface area (Å²) >= 11 is 0. The highest BCUT2D eigenvalue weighted by Crippen LogP contribution is 2.26. The molecule has 0 radical (unpaired) electrons. The lowest BCUT2D eigenvalue weighted by Gasteiger charge is -2.20. The van der Waals surface area contributed by atoms with Gasteiger partial charge in [-0.25, -0.2) is 0 Å². The van der Waals surface area contributed by atoms with E-state index >= 15 is 0 Å². The predicted molar refractivity (Wildman–Crippen MR) is 103 cm³/mol. The van der Waals surface area contributed by atoms with Gasteiger partial charge in [0.15, 0.2) is 0 Å². The minimum Gasteiger partial charge on any atom is -0.496 e. The number of carbonyl (C=O) groups is 1. The Bertz CT molecular complexity index is 1040. The summed E-state index contributed by atoms with van der Waals surface area (Å²) in [5.41, 5.74) is 2.09. The van der Waals surface area contributed by atoms with Gasteiger partial charge in [0.2, 0.25) is 5.91 Å². The average molecular weight is 366 g/mol. The largest absolute Gasteiger partial charge is 0.496 e. The Hall–Kier alpha value is -3.22. The highest BCUT2D eigenvalue weighted by Gasteiger charge is 2.22. The van der Waals surface area contributed by atoms with E-state index < -0.39 is 6.04 Å². The third kappa shape index (κ3) is 3.67. The van der Waals surface area contributed by atoms with Crippen LogP contribution < -0.4 is 15.6 Å². The number of rotatable bonds is 5. The van der Waals surface area contributed by atoms with Crippen LogP contribution in [0.5, 0.6) is 5.75 Å². The standard InChI is InChI=1S/C20H22N4O3/c1-12-9-10-15(18(11-12)27-4)13(2)21-19(25)14(3)24-20(26)16-7-5-6-8-17(16)22-23-24/h5-11,13-14H,1-4H3,(H,21,25)/t13-,14-/m0/s1. The highest BCUT2D eigenvalue weighted by molar-refractivity contribution is 5.81. The molecule has 0 bridgehead atoms. The molecule has 0 aliphatic heterocycles. The van der Waals surface area contributed by atoms with Crippen molar-refractivity contribution in [3.8, 4) is 5.75 Å². The molecule has 2 atom stereocenters. The molecule has 1 heterocycles. The summed E-state index contributed by atoms with van der Waals surface area (Å²) in [6.45, 7) is 5.47. The van der Waals surface area contributed by atoms with Gasteiger partial charge in [-0.3, -0.25) is 9.59 Å². The van der Waals surface area contributed by atoms with Gasteiger partial charge in [0, 0.05) is 5.56 Å². The molecule has 0 fully saturated rings. The van der Waals surface area contributed by atoms with Crippen molar-refractivity contribution in [2.45, 2.75) is 32.9 Å². The molecule has 0 aliphatic rings. The molecule has 0 spiro atoms. The Morgan fingerprint density at radius 3 is 2.67 bits per heavy atom. The molecule has 1 amide bonds. The van der Waals surface area contributed by atoms with Crippen LogP contribution in [0.3, 0.4) is 0 Å². The minimum atomic E-state index is -0.798. The molecular formula is C20H22N4O3. The predicted octanol–water partition coefficient (Wildman–Crippen LogP) is 2.55. The minimum absolute atomic E-state index is 0.292. The smallest absolute Gasteiger partial charge is 0.278 e. The lowest BCUT2D eigenvalue weighted by molar-refractivity contribution is -0.124. The number of ether oxygens (including phenoxy) is 1. The molecule has 0 unspecified atom stereocenters. The van der Waals surface area contributed by atoms with Gasteiger partial charge in [-0.05, 0) is 44.5 Å². The van der Waals surface area contributed by atoms with Crippen LogP contribution in [0.25, 0.3) is 10.9 Å². The number of benzene rings is 2. The molecule has 140 valence electrons. The third-order valence-electron chi connectivity index (χ3n) is 4.55. The maximum absolute atomic E-state index is 12.7. The van der Waals surface area contributed by atoms with Crippen molar-refractivity contribution < 1.29 is 9.53 Å². The maximum atomic E-state index is 12.7. The fraction of sp³-hybridized carbons (Fsp3) is 0.300. The van der Waals surface area contributed by atoms with E-state index in [1.54, 1.807) is 38.3 Å². The Kier molecular flexibility index (Phi) is 5.21. The van der Waals surface area contributed by atoms with E-state index in [9.17, 15) is 9.59 Å². The number of aromatic nitrogens is 3. The van der Waals surface area contributed by atoms with E-state index in [1.165, 1.54) is 0 Å². The molecule has 3 rings (SSSR count). The SMILES string of the molecule is COc1cc(C)ccc1[C@H](C)NC(=O)[C@H](C)n1nnc2ccccc2c1=O. The van der Waals surface area contributed by atoms with Crippen LogP contribution in [-0.4, -0.2) is 28.0 Å². The van der Waals surface area contributed by atoms with Crippen molar-refractivity contribution in [3.63, 3.8) is 0 Å². The summed E-state index contributed by atoms with van der Waals surface area (Å²) in [5.74, 6) is 0.384. The number of amides is 1. The number of nitrogens with one attached hydrogen (secondary N) is 1. The maximum Gasteiger partial charge on any atom is 0.278 e. The lowest BCUT2D eigenvalue weighted by atomic mass is 10.0. The summed E-state index contributed by atoms with van der Waals surface area (Å²) < 4.78 is 6.52. The van der Waals surface area contributed by atoms with Gasteiger partial charge in [0.25, 0.3) is 5.56 Å². The fourth-order valence-electron chi connectivity index (χ4n) is 2.95. The van der Waals surface area contributed by atoms with Crippen LogP contribution >= 0.6 is 0 Å². The fourth-order valence-corrected chi connectivity index (χ4v) is 2.95. The molecule has 7 heteroatoms. The number of hydrogen-bond donors (Lipinski definition) is 1. The lowest BCUT2D eigenvalue weighted by Crippen LogP contribution is -2.38. The number of nitrogens with zero attached hydrogens (tertiary/aromatic N) is 3. The Morgan fingerprint density at radius 1 is 1.19 bits per heavy atom. The molecule has 7 nitrogen and oxygen atoms in total. The Balaban J connectivity index is 1.84. The van der Waals surface area contributed by atoms with Crippen molar-refractivity contribution in [3.05, 3.63) is 63.9 Å². The van der Waals surface area contributed by atoms with Crippen molar-refractivity contribution in [1.82, 2.24) is 20.3 Å². The monoisotopic (exact) mass is 366 g/mol. The van der Waals surface area contributed by atoms with Gasteiger partial charge in [-0.15, -0.1) is 5.10 Å². The molecule has 1 aromatic heterocycles. The van der Waals surface area contributed by atoms with Crippen LogP contribution in [0.2, 0.25) is 0 Å². The zero-order valence-electron chi connectivity index (χ0n) is 15.8. The first-order chi connectivity index (χ1) is 12.9. The first-order valence-electron chi connectivity index (χ1n) is 8.71. The topological polar surface area (TPSA) is 86.1 Å². The molecule has 0 saturated heterocycles. The number of aryl methyl sites for hydroxylation is 1. The Labute approximate surface area is 157 Å². The molecule has 0 saturated carbocycles. The van der Waals surface area contributed by atoms with E-state index in [1.807, 2.05) is 32.0 Å². The van der Waals surface area contributed by atoms with Crippen molar-refractivity contribution in [2.75, 3.05) is 7.11 Å². The molecule has 3 aromatic rings. The summed E-state index contributed by atoms with van der Waals surface area (Å²) in [5, 5.41) is 11.3. The van der Waals surface area contributed by atoms with Crippen LogP contribution in [0.15, 0.2) is 47.3 Å². The quantitative estimate of drug-likeness (QED) is 0.750. The van der Waals surface area contributed by atoms with E-state index in [4.69, 9.17) is 4.74 Å². The van der Waals surface area contributed by atoms with Gasteiger partial charge in [-0.1, -0.05) is 29.5 Å². The summed E-state index contributed by atoms with van der Waals surface area (Å²) in [6, 6.07) is 11.6. The average Bonchev–Trinajstić information content (AvgIpc) is 2.67. The van der Waals surface area contributed by atoms with Gasteiger partial charge in [-0.2, -0.15) is 4.68 Å². The van der Waals surface area contributed by atoms with Gasteiger partial charge in [0.1, 0.15) is 17.3 Å². The Morgan fingerprint density at radius 2 is 1.93 bits per heavy atom. The zero-order valence-corrected chi connectivity index (χ0v) is 15.8. The van der Waals surface area contributed by atoms with Crippen LogP contribution in [0.4, 0.5) is 0 Å². The van der Waals surface area contributed by atoms with Gasteiger partial charge in [0.05, 0.1) is 18.5 Å². The van der Waals surface area contributed by atoms with Crippen molar-refractivity contribution in [2.24, 2.45) is 0 Å². The molecule has 0 aliphatic carbocycles. The summed E-state index contributed by atoms with van der Waals surface area (Å²) in [6.07, 6.45) is 0. The van der Waals surface area contributed by atoms with E-state index in [2.05, 4.69) is 15.6 Å².